The van der Waals surface area contributed by atoms with Crippen LogP contribution in [0.1, 0.15) is 44.6 Å². The number of hydrogen-bond acceptors (Lipinski definition) is 3. The van der Waals surface area contributed by atoms with Crippen LogP contribution in [0.4, 0.5) is 0 Å². The molecule has 0 saturated heterocycles. The first kappa shape index (κ1) is 14.1. The molecule has 1 aromatic heterocycles. The highest BCUT2D eigenvalue weighted by molar-refractivity contribution is 5.11. The van der Waals surface area contributed by atoms with Crippen LogP contribution in [0.25, 0.3) is 0 Å². The SMILES string of the molecule is CCOC1CC(NCCc2cnn(C)c2)C12CCCC2. The molecule has 20 heavy (non-hydrogen) atoms. The summed E-state index contributed by atoms with van der Waals surface area (Å²) in [5.41, 5.74) is 1.77. The summed E-state index contributed by atoms with van der Waals surface area (Å²) >= 11 is 0. The Kier molecular flexibility index (Phi) is 4.13. The van der Waals surface area contributed by atoms with E-state index < -0.39 is 0 Å². The monoisotopic (exact) mass is 277 g/mol. The average molecular weight is 277 g/mol. The highest BCUT2D eigenvalue weighted by atomic mass is 16.5. The molecule has 0 amide bonds. The normalized spacial score (nSPS) is 27.9. The molecule has 2 unspecified atom stereocenters. The minimum Gasteiger partial charge on any atom is -0.378 e. The fraction of sp³-hybridized carbons (Fsp3) is 0.812. The second-order valence-electron chi connectivity index (χ2n) is 6.40. The van der Waals surface area contributed by atoms with E-state index in [1.54, 1.807) is 0 Å². The summed E-state index contributed by atoms with van der Waals surface area (Å²) in [5.74, 6) is 0. The maximum Gasteiger partial charge on any atom is 0.0661 e. The van der Waals surface area contributed by atoms with E-state index in [-0.39, 0.29) is 0 Å². The molecule has 0 aromatic carbocycles. The molecular weight excluding hydrogens is 250 g/mol. The maximum absolute atomic E-state index is 5.96. The molecule has 1 spiro atoms. The van der Waals surface area contributed by atoms with Gasteiger partial charge >= 0.3 is 0 Å². The molecule has 112 valence electrons. The van der Waals surface area contributed by atoms with Gasteiger partial charge in [0.15, 0.2) is 0 Å². The van der Waals surface area contributed by atoms with Crippen molar-refractivity contribution in [1.29, 1.82) is 0 Å². The van der Waals surface area contributed by atoms with Gasteiger partial charge in [-0.05, 0) is 44.7 Å². The first-order valence-corrected chi connectivity index (χ1v) is 8.07. The first-order valence-electron chi connectivity index (χ1n) is 8.07. The Labute approximate surface area is 121 Å². The largest absolute Gasteiger partial charge is 0.378 e. The minimum absolute atomic E-state index is 0.449. The Morgan fingerprint density at radius 1 is 1.45 bits per heavy atom. The fourth-order valence-corrected chi connectivity index (χ4v) is 4.16. The van der Waals surface area contributed by atoms with Crippen LogP contribution in [0.2, 0.25) is 0 Å². The van der Waals surface area contributed by atoms with Gasteiger partial charge < -0.3 is 10.1 Å². The van der Waals surface area contributed by atoms with Crippen LogP contribution in [0.5, 0.6) is 0 Å². The van der Waals surface area contributed by atoms with Gasteiger partial charge in [0.1, 0.15) is 0 Å². The summed E-state index contributed by atoms with van der Waals surface area (Å²) in [7, 11) is 1.98. The van der Waals surface area contributed by atoms with Gasteiger partial charge in [-0.1, -0.05) is 12.8 Å². The lowest BCUT2D eigenvalue weighted by Crippen LogP contribution is -2.62. The van der Waals surface area contributed by atoms with Crippen molar-refractivity contribution >= 4 is 0 Å². The van der Waals surface area contributed by atoms with E-state index in [4.69, 9.17) is 4.74 Å². The molecule has 3 rings (SSSR count). The predicted molar refractivity (Wildman–Crippen MR) is 79.6 cm³/mol. The van der Waals surface area contributed by atoms with Crippen molar-refractivity contribution in [1.82, 2.24) is 15.1 Å². The third-order valence-corrected chi connectivity index (χ3v) is 5.25. The van der Waals surface area contributed by atoms with E-state index in [9.17, 15) is 0 Å². The van der Waals surface area contributed by atoms with E-state index in [0.29, 0.717) is 17.6 Å². The van der Waals surface area contributed by atoms with Gasteiger partial charge in [0, 0.05) is 31.3 Å². The zero-order valence-electron chi connectivity index (χ0n) is 12.8. The lowest BCUT2D eigenvalue weighted by molar-refractivity contribution is -0.130. The molecule has 1 aromatic rings. The van der Waals surface area contributed by atoms with Crippen molar-refractivity contribution in [3.05, 3.63) is 18.0 Å². The van der Waals surface area contributed by atoms with E-state index in [2.05, 4.69) is 23.5 Å². The van der Waals surface area contributed by atoms with Crippen LogP contribution in [0.15, 0.2) is 12.4 Å². The summed E-state index contributed by atoms with van der Waals surface area (Å²) < 4.78 is 7.84. The molecule has 0 aliphatic heterocycles. The molecular formula is C16H27N3O. The Bertz CT molecular complexity index is 437. The smallest absolute Gasteiger partial charge is 0.0661 e. The van der Waals surface area contributed by atoms with Crippen LogP contribution < -0.4 is 5.32 Å². The summed E-state index contributed by atoms with van der Waals surface area (Å²) in [6.07, 6.45) is 12.3. The van der Waals surface area contributed by atoms with Crippen molar-refractivity contribution in [2.24, 2.45) is 12.5 Å². The van der Waals surface area contributed by atoms with E-state index in [1.165, 1.54) is 37.7 Å². The molecule has 1 N–H and O–H groups in total. The van der Waals surface area contributed by atoms with Crippen molar-refractivity contribution in [3.8, 4) is 0 Å². The highest BCUT2D eigenvalue weighted by Gasteiger charge is 2.56. The average Bonchev–Trinajstić information content (AvgIpc) is 3.07. The van der Waals surface area contributed by atoms with Crippen LogP contribution in [-0.2, 0) is 18.2 Å². The van der Waals surface area contributed by atoms with Gasteiger partial charge in [-0.15, -0.1) is 0 Å². The van der Waals surface area contributed by atoms with Crippen molar-refractivity contribution in [2.75, 3.05) is 13.2 Å². The van der Waals surface area contributed by atoms with E-state index >= 15 is 0 Å². The topological polar surface area (TPSA) is 39.1 Å². The minimum atomic E-state index is 0.449. The van der Waals surface area contributed by atoms with Gasteiger partial charge in [-0.3, -0.25) is 4.68 Å². The summed E-state index contributed by atoms with van der Waals surface area (Å²) in [5, 5.41) is 8.01. The Balaban J connectivity index is 1.50. The zero-order chi connectivity index (χ0) is 14.0. The van der Waals surface area contributed by atoms with Gasteiger partial charge in [0.25, 0.3) is 0 Å². The number of nitrogens with zero attached hydrogens (tertiary/aromatic N) is 2. The van der Waals surface area contributed by atoms with E-state index in [1.807, 2.05) is 17.9 Å². The predicted octanol–water partition coefficient (Wildman–Crippen LogP) is 2.29. The number of nitrogens with one attached hydrogen (secondary N) is 1. The molecule has 0 bridgehead atoms. The molecule has 4 heteroatoms. The molecule has 1 heterocycles. The maximum atomic E-state index is 5.96. The highest BCUT2D eigenvalue weighted by Crippen LogP contribution is 2.54. The fourth-order valence-electron chi connectivity index (χ4n) is 4.16. The summed E-state index contributed by atoms with van der Waals surface area (Å²) in [6, 6.07) is 0.665. The number of rotatable bonds is 6. The van der Waals surface area contributed by atoms with Crippen molar-refractivity contribution in [2.45, 2.75) is 57.6 Å². The molecule has 2 aliphatic rings. The lowest BCUT2D eigenvalue weighted by Gasteiger charge is -2.54. The van der Waals surface area contributed by atoms with Gasteiger partial charge in [-0.25, -0.2) is 0 Å². The third-order valence-electron chi connectivity index (χ3n) is 5.25. The number of ether oxygens (including phenoxy) is 1. The van der Waals surface area contributed by atoms with Crippen molar-refractivity contribution in [3.63, 3.8) is 0 Å². The summed E-state index contributed by atoms with van der Waals surface area (Å²) in [6.45, 7) is 4.03. The Morgan fingerprint density at radius 2 is 2.25 bits per heavy atom. The molecule has 2 saturated carbocycles. The third kappa shape index (κ3) is 2.51. The Morgan fingerprint density at radius 3 is 2.90 bits per heavy atom. The zero-order valence-corrected chi connectivity index (χ0v) is 12.8. The Hall–Kier alpha value is -0.870. The second-order valence-corrected chi connectivity index (χ2v) is 6.40. The molecule has 2 fully saturated rings. The number of aryl methyl sites for hydroxylation is 1. The van der Waals surface area contributed by atoms with Crippen LogP contribution in [0, 0.1) is 5.41 Å². The standard InChI is InChI=1S/C16H27N3O/c1-3-20-15-10-14(16(15)7-4-5-8-16)17-9-6-13-11-18-19(2)12-13/h11-12,14-15,17H,3-10H2,1-2H3. The number of aromatic nitrogens is 2. The summed E-state index contributed by atoms with van der Waals surface area (Å²) in [4.78, 5) is 0. The lowest BCUT2D eigenvalue weighted by atomic mass is 9.60. The van der Waals surface area contributed by atoms with Crippen LogP contribution in [-0.4, -0.2) is 35.1 Å². The molecule has 0 radical (unpaired) electrons. The van der Waals surface area contributed by atoms with Crippen LogP contribution in [0.3, 0.4) is 0 Å². The van der Waals surface area contributed by atoms with Gasteiger partial charge in [0.2, 0.25) is 0 Å². The van der Waals surface area contributed by atoms with Gasteiger partial charge in [-0.2, -0.15) is 5.10 Å². The van der Waals surface area contributed by atoms with E-state index in [0.717, 1.165) is 19.6 Å². The molecule has 2 atom stereocenters. The number of hydrogen-bond donors (Lipinski definition) is 1. The molecule has 2 aliphatic carbocycles. The van der Waals surface area contributed by atoms with Crippen LogP contribution >= 0.6 is 0 Å². The van der Waals surface area contributed by atoms with Gasteiger partial charge in [0.05, 0.1) is 12.3 Å². The molecule has 4 nitrogen and oxygen atoms in total. The van der Waals surface area contributed by atoms with Crippen molar-refractivity contribution < 1.29 is 4.74 Å². The second kappa shape index (κ2) is 5.86. The quantitative estimate of drug-likeness (QED) is 0.867. The first-order chi connectivity index (χ1) is 9.74.